The Hall–Kier alpha value is -2.73. The zero-order valence-electron chi connectivity index (χ0n) is 14.4. The van der Waals surface area contributed by atoms with Crippen molar-refractivity contribution in [3.05, 3.63) is 64.2 Å². The van der Waals surface area contributed by atoms with E-state index in [0.29, 0.717) is 17.3 Å². The number of amides is 2. The summed E-state index contributed by atoms with van der Waals surface area (Å²) in [5.41, 5.74) is 3.66. The topological polar surface area (TPSA) is 65.3 Å². The highest BCUT2D eigenvalue weighted by atomic mass is 35.5. The van der Waals surface area contributed by atoms with Crippen LogP contribution in [0.4, 0.5) is 5.69 Å². The van der Waals surface area contributed by atoms with Gasteiger partial charge >= 0.3 is 0 Å². The molecule has 26 heavy (non-hydrogen) atoms. The van der Waals surface area contributed by atoms with Gasteiger partial charge in [-0.2, -0.15) is 5.11 Å². The van der Waals surface area contributed by atoms with Crippen LogP contribution in [0.2, 0.25) is 5.02 Å². The second-order valence-electron chi connectivity index (χ2n) is 6.60. The predicted molar refractivity (Wildman–Crippen MR) is 97.8 cm³/mol. The van der Waals surface area contributed by atoms with Crippen LogP contribution >= 0.6 is 11.6 Å². The molecular weight excluding hydrogens is 352 g/mol. The molecular formula is C19H17ClN4O2. The molecule has 6 nitrogen and oxygen atoms in total. The maximum absolute atomic E-state index is 13.0. The van der Waals surface area contributed by atoms with Gasteiger partial charge in [0.05, 0.1) is 12.2 Å². The lowest BCUT2D eigenvalue weighted by molar-refractivity contribution is -0.123. The van der Waals surface area contributed by atoms with E-state index >= 15 is 0 Å². The molecule has 1 fully saturated rings. The average molecular weight is 369 g/mol. The lowest BCUT2D eigenvalue weighted by Gasteiger charge is -2.21. The fourth-order valence-corrected chi connectivity index (χ4v) is 3.38. The van der Waals surface area contributed by atoms with Gasteiger partial charge in [-0.3, -0.25) is 14.6 Å². The molecule has 0 radical (unpaired) electrons. The van der Waals surface area contributed by atoms with E-state index in [1.165, 1.54) is 4.90 Å². The fourth-order valence-electron chi connectivity index (χ4n) is 3.25. The van der Waals surface area contributed by atoms with Crippen LogP contribution in [-0.2, 0) is 16.1 Å². The Kier molecular flexibility index (Phi) is 4.00. The minimum absolute atomic E-state index is 0.290. The maximum atomic E-state index is 13.0. The van der Waals surface area contributed by atoms with Gasteiger partial charge in [-0.15, -0.1) is 0 Å². The molecule has 0 bridgehead atoms. The number of nitrogens with zero attached hydrogens (tertiary/aromatic N) is 4. The van der Waals surface area contributed by atoms with E-state index in [0.717, 1.165) is 16.7 Å². The number of fused-ring (bicyclic) bond motifs is 1. The Bertz CT molecular complexity index is 926. The zero-order chi connectivity index (χ0) is 18.4. The van der Waals surface area contributed by atoms with Gasteiger partial charge in [0.25, 0.3) is 11.8 Å². The van der Waals surface area contributed by atoms with Crippen molar-refractivity contribution in [1.82, 2.24) is 5.01 Å². The molecule has 0 spiro atoms. The summed E-state index contributed by atoms with van der Waals surface area (Å²) in [5, 5.41) is 10.3. The van der Waals surface area contributed by atoms with Crippen LogP contribution in [0, 0.1) is 13.8 Å². The van der Waals surface area contributed by atoms with Crippen molar-refractivity contribution >= 4 is 29.1 Å². The van der Waals surface area contributed by atoms with E-state index in [1.807, 2.05) is 38.1 Å². The van der Waals surface area contributed by atoms with Gasteiger partial charge in [-0.05, 0) is 54.8 Å². The summed E-state index contributed by atoms with van der Waals surface area (Å²) in [4.78, 5) is 26.9. The third kappa shape index (κ3) is 2.66. The number of anilines is 1. The van der Waals surface area contributed by atoms with E-state index in [4.69, 9.17) is 11.6 Å². The second kappa shape index (κ2) is 6.21. The first kappa shape index (κ1) is 16.7. The highest BCUT2D eigenvalue weighted by Gasteiger charge is 2.54. The summed E-state index contributed by atoms with van der Waals surface area (Å²) in [7, 11) is 0. The molecule has 0 unspecified atom stereocenters. The largest absolute Gasteiger partial charge is 0.271 e. The van der Waals surface area contributed by atoms with Gasteiger partial charge < -0.3 is 0 Å². The van der Waals surface area contributed by atoms with E-state index in [2.05, 4.69) is 10.3 Å². The van der Waals surface area contributed by atoms with Gasteiger partial charge in [0.1, 0.15) is 0 Å². The van der Waals surface area contributed by atoms with E-state index in [-0.39, 0.29) is 11.8 Å². The normalized spacial score (nSPS) is 21.7. The summed E-state index contributed by atoms with van der Waals surface area (Å²) in [6.07, 6.45) is 0. The Labute approximate surface area is 156 Å². The number of imide groups is 1. The molecule has 7 heteroatoms. The monoisotopic (exact) mass is 368 g/mol. The molecule has 2 heterocycles. The molecule has 2 amide bonds. The fraction of sp³-hybridized carbons (Fsp3) is 0.263. The van der Waals surface area contributed by atoms with Crippen molar-refractivity contribution < 1.29 is 9.59 Å². The SMILES string of the molecule is Cc1ccc(N2C(=O)[C@@H]3[C@@H](N=NN3Cc3ccc(Cl)cc3)C2=O)cc1C. The standard InChI is InChI=1S/C19H17ClN4O2/c1-11-3-8-15(9-12(11)2)24-18(25)16-17(19(24)26)23(22-21-16)10-13-4-6-14(20)7-5-13/h3-9,16-17H,10H2,1-2H3/t16-,17+/m1/s1. The molecule has 2 aliphatic rings. The summed E-state index contributed by atoms with van der Waals surface area (Å²) in [5.74, 6) is -0.618. The number of benzene rings is 2. The smallest absolute Gasteiger partial charge is 0.263 e. The Morgan fingerprint density at radius 2 is 1.73 bits per heavy atom. The molecule has 2 aliphatic heterocycles. The summed E-state index contributed by atoms with van der Waals surface area (Å²) in [6.45, 7) is 4.34. The van der Waals surface area contributed by atoms with Crippen molar-refractivity contribution in [2.24, 2.45) is 10.3 Å². The lowest BCUT2D eigenvalue weighted by atomic mass is 10.1. The number of rotatable bonds is 3. The molecule has 2 atom stereocenters. The summed E-state index contributed by atoms with van der Waals surface area (Å²) >= 11 is 5.91. The van der Waals surface area contributed by atoms with Crippen LogP contribution in [0.3, 0.4) is 0 Å². The Balaban J connectivity index is 1.60. The number of carbonyl (C=O) groups excluding carboxylic acids is 2. The van der Waals surface area contributed by atoms with Gasteiger partial charge in [0, 0.05) is 5.02 Å². The molecule has 0 N–H and O–H groups in total. The van der Waals surface area contributed by atoms with Gasteiger partial charge in [0.2, 0.25) is 0 Å². The van der Waals surface area contributed by atoms with Gasteiger partial charge in [-0.25, -0.2) is 4.90 Å². The van der Waals surface area contributed by atoms with Crippen molar-refractivity contribution in [2.75, 3.05) is 4.90 Å². The molecule has 0 aliphatic carbocycles. The third-order valence-electron chi connectivity index (χ3n) is 4.86. The molecule has 2 aromatic rings. The molecule has 4 rings (SSSR count). The zero-order valence-corrected chi connectivity index (χ0v) is 15.1. The number of carbonyl (C=O) groups is 2. The first-order chi connectivity index (χ1) is 12.5. The molecule has 2 aromatic carbocycles. The minimum atomic E-state index is -0.781. The number of halogens is 1. The van der Waals surface area contributed by atoms with Crippen LogP contribution in [0.25, 0.3) is 0 Å². The molecule has 132 valence electrons. The van der Waals surface area contributed by atoms with Crippen molar-refractivity contribution in [2.45, 2.75) is 32.5 Å². The summed E-state index contributed by atoms with van der Waals surface area (Å²) in [6, 6.07) is 11.4. The minimum Gasteiger partial charge on any atom is -0.271 e. The maximum Gasteiger partial charge on any atom is 0.263 e. The van der Waals surface area contributed by atoms with E-state index in [9.17, 15) is 9.59 Å². The van der Waals surface area contributed by atoms with Crippen LogP contribution in [0.1, 0.15) is 16.7 Å². The summed E-state index contributed by atoms with van der Waals surface area (Å²) < 4.78 is 0. The number of hydrogen-bond donors (Lipinski definition) is 0. The predicted octanol–water partition coefficient (Wildman–Crippen LogP) is 3.45. The highest BCUT2D eigenvalue weighted by Crippen LogP contribution is 2.33. The number of hydrogen-bond acceptors (Lipinski definition) is 5. The van der Waals surface area contributed by atoms with Crippen LogP contribution < -0.4 is 4.90 Å². The first-order valence-electron chi connectivity index (χ1n) is 8.32. The second-order valence-corrected chi connectivity index (χ2v) is 7.04. The number of aryl methyl sites for hydroxylation is 2. The van der Waals surface area contributed by atoms with Gasteiger partial charge in [-0.1, -0.05) is 35.0 Å². The van der Waals surface area contributed by atoms with Gasteiger partial charge in [0.15, 0.2) is 12.1 Å². The molecule has 0 saturated carbocycles. The molecule has 0 aromatic heterocycles. The van der Waals surface area contributed by atoms with E-state index in [1.54, 1.807) is 23.2 Å². The highest BCUT2D eigenvalue weighted by molar-refractivity contribution is 6.30. The van der Waals surface area contributed by atoms with Crippen LogP contribution in [0.15, 0.2) is 52.8 Å². The Morgan fingerprint density at radius 1 is 1.00 bits per heavy atom. The first-order valence-corrected chi connectivity index (χ1v) is 8.70. The lowest BCUT2D eigenvalue weighted by Crippen LogP contribution is -2.39. The van der Waals surface area contributed by atoms with Crippen LogP contribution in [-0.4, -0.2) is 28.9 Å². The molecule has 1 saturated heterocycles. The third-order valence-corrected chi connectivity index (χ3v) is 5.12. The van der Waals surface area contributed by atoms with Crippen molar-refractivity contribution in [1.29, 1.82) is 0 Å². The Morgan fingerprint density at radius 3 is 2.42 bits per heavy atom. The quantitative estimate of drug-likeness (QED) is 0.779. The van der Waals surface area contributed by atoms with Crippen molar-refractivity contribution in [3.8, 4) is 0 Å². The van der Waals surface area contributed by atoms with Crippen molar-refractivity contribution in [3.63, 3.8) is 0 Å². The van der Waals surface area contributed by atoms with E-state index < -0.39 is 12.1 Å². The van der Waals surface area contributed by atoms with Crippen LogP contribution in [0.5, 0.6) is 0 Å². The average Bonchev–Trinajstić information content (AvgIpc) is 3.13.